The highest BCUT2D eigenvalue weighted by molar-refractivity contribution is 4.65. The van der Waals surface area contributed by atoms with Crippen molar-refractivity contribution in [3.05, 3.63) is 25.3 Å². The van der Waals surface area contributed by atoms with E-state index in [2.05, 4.69) is 27.0 Å². The summed E-state index contributed by atoms with van der Waals surface area (Å²) in [6.07, 6.45) is 15.9. The van der Waals surface area contributed by atoms with Crippen LogP contribution in [-0.2, 0) is 0 Å². The van der Waals surface area contributed by atoms with E-state index in [1.165, 1.54) is 51.4 Å². The van der Waals surface area contributed by atoms with E-state index in [-0.39, 0.29) is 0 Å². The zero-order valence-corrected chi connectivity index (χ0v) is 10.9. The Hall–Kier alpha value is -0.520. The van der Waals surface area contributed by atoms with Gasteiger partial charge in [-0.05, 0) is 19.3 Å². The molecule has 0 heterocycles. The Morgan fingerprint density at radius 2 is 1.20 bits per heavy atom. The quantitative estimate of drug-likeness (QED) is 0.328. The van der Waals surface area contributed by atoms with Crippen LogP contribution < -0.4 is 0 Å². The van der Waals surface area contributed by atoms with E-state index >= 15 is 0 Å². The molecule has 0 unspecified atom stereocenters. The number of allylic oxidation sites excluding steroid dienone is 2. The van der Waals surface area contributed by atoms with Gasteiger partial charge in [0.05, 0.1) is 0 Å². The molecule has 0 aliphatic heterocycles. The highest BCUT2D eigenvalue weighted by atomic mass is 13.9. The summed E-state index contributed by atoms with van der Waals surface area (Å²) < 4.78 is 0. The summed E-state index contributed by atoms with van der Waals surface area (Å²) in [7, 11) is 0. The van der Waals surface area contributed by atoms with Crippen LogP contribution in [0.5, 0.6) is 0 Å². The lowest BCUT2D eigenvalue weighted by Crippen LogP contribution is -1.76. The van der Waals surface area contributed by atoms with E-state index in [0.29, 0.717) is 0 Å². The minimum atomic E-state index is 1.15. The first-order valence-electron chi connectivity index (χ1n) is 6.55. The number of hydrogen-bond acceptors (Lipinski definition) is 0. The topological polar surface area (TPSA) is 0 Å². The van der Waals surface area contributed by atoms with Crippen LogP contribution in [-0.4, -0.2) is 0 Å². The lowest BCUT2D eigenvalue weighted by Gasteiger charge is -1.96. The van der Waals surface area contributed by atoms with Crippen LogP contribution in [0.2, 0.25) is 0 Å². The first-order chi connectivity index (χ1) is 7.33. The van der Waals surface area contributed by atoms with Crippen molar-refractivity contribution in [3.63, 3.8) is 0 Å². The third-order valence-electron chi connectivity index (χ3n) is 2.25. The van der Waals surface area contributed by atoms with Gasteiger partial charge < -0.3 is 0 Å². The Labute approximate surface area is 97.5 Å². The third-order valence-corrected chi connectivity index (χ3v) is 2.25. The van der Waals surface area contributed by atoms with Gasteiger partial charge >= 0.3 is 0 Å². The minimum absolute atomic E-state index is 1.15. The maximum Gasteiger partial charge on any atom is -0.0353 e. The van der Waals surface area contributed by atoms with Gasteiger partial charge in [0.25, 0.3) is 0 Å². The minimum Gasteiger partial charge on any atom is -0.103 e. The van der Waals surface area contributed by atoms with Crippen LogP contribution in [0.25, 0.3) is 0 Å². The maximum atomic E-state index is 3.69. The van der Waals surface area contributed by atoms with Gasteiger partial charge in [0.1, 0.15) is 0 Å². The van der Waals surface area contributed by atoms with E-state index in [0.717, 1.165) is 6.42 Å². The molecule has 0 spiro atoms. The Morgan fingerprint density at radius 3 is 1.60 bits per heavy atom. The summed E-state index contributed by atoms with van der Waals surface area (Å²) in [4.78, 5) is 0. The first kappa shape index (κ1) is 16.9. The molecule has 0 N–H and O–H groups in total. The molecule has 0 saturated carbocycles. The van der Waals surface area contributed by atoms with Crippen molar-refractivity contribution >= 4 is 0 Å². The van der Waals surface area contributed by atoms with Crippen LogP contribution >= 0.6 is 0 Å². The predicted molar refractivity (Wildman–Crippen MR) is 73.3 cm³/mol. The smallest absolute Gasteiger partial charge is 0.0353 e. The molecule has 0 aliphatic rings. The van der Waals surface area contributed by atoms with Gasteiger partial charge in [-0.2, -0.15) is 0 Å². The van der Waals surface area contributed by atoms with Gasteiger partial charge in [-0.1, -0.05) is 64.5 Å². The number of hydrogen-bond donors (Lipinski definition) is 0. The van der Waals surface area contributed by atoms with Crippen molar-refractivity contribution < 1.29 is 0 Å². The number of rotatable bonds is 9. The third kappa shape index (κ3) is 24.7. The second-order valence-corrected chi connectivity index (χ2v) is 3.92. The van der Waals surface area contributed by atoms with Gasteiger partial charge in [0.2, 0.25) is 0 Å². The van der Waals surface area contributed by atoms with Crippen molar-refractivity contribution in [1.82, 2.24) is 0 Å². The molecule has 0 fully saturated rings. The molecule has 0 aliphatic carbocycles. The summed E-state index contributed by atoms with van der Waals surface area (Å²) in [6, 6.07) is 0. The fourth-order valence-electron chi connectivity index (χ4n) is 1.27. The van der Waals surface area contributed by atoms with E-state index in [1.807, 2.05) is 12.2 Å². The van der Waals surface area contributed by atoms with E-state index < -0.39 is 0 Å². The van der Waals surface area contributed by atoms with E-state index in [1.54, 1.807) is 0 Å². The van der Waals surface area contributed by atoms with Gasteiger partial charge in [-0.25, -0.2) is 0 Å². The van der Waals surface area contributed by atoms with Crippen LogP contribution in [0.3, 0.4) is 0 Å². The molecule has 0 atom stereocenters. The van der Waals surface area contributed by atoms with Gasteiger partial charge in [0, 0.05) is 0 Å². The maximum absolute atomic E-state index is 3.69. The molecule has 0 aromatic heterocycles. The molecule has 0 aromatic rings. The molecule has 0 nitrogen and oxygen atoms in total. The predicted octanol–water partition coefficient (Wildman–Crippen LogP) is 5.90. The Morgan fingerprint density at radius 1 is 0.667 bits per heavy atom. The molecule has 0 radical (unpaired) electrons. The van der Waals surface area contributed by atoms with Crippen LogP contribution in [0.4, 0.5) is 0 Å². The molecule has 0 aromatic carbocycles. The number of unbranched alkanes of at least 4 members (excludes halogenated alkanes) is 7. The van der Waals surface area contributed by atoms with E-state index in [4.69, 9.17) is 0 Å². The lowest BCUT2D eigenvalue weighted by atomic mass is 10.1. The van der Waals surface area contributed by atoms with Crippen LogP contribution in [0, 0.1) is 0 Å². The second-order valence-electron chi connectivity index (χ2n) is 3.92. The Balaban J connectivity index is 0. The average molecular weight is 210 g/mol. The largest absolute Gasteiger partial charge is 0.103 e. The molecule has 15 heavy (non-hydrogen) atoms. The molecule has 0 bridgehead atoms. The molecular weight excluding hydrogens is 180 g/mol. The molecular formula is C15H30. The molecule has 0 amide bonds. The normalized spacial score (nSPS) is 8.93. The monoisotopic (exact) mass is 210 g/mol. The van der Waals surface area contributed by atoms with Crippen molar-refractivity contribution in [2.45, 2.75) is 71.6 Å². The van der Waals surface area contributed by atoms with Crippen LogP contribution in [0.15, 0.2) is 25.3 Å². The molecule has 0 heteroatoms. The molecule has 0 saturated heterocycles. The van der Waals surface area contributed by atoms with Gasteiger partial charge in [-0.3, -0.25) is 0 Å². The fraction of sp³-hybridized carbons (Fsp3) is 0.733. The van der Waals surface area contributed by atoms with E-state index in [9.17, 15) is 0 Å². The molecule has 0 rings (SSSR count). The van der Waals surface area contributed by atoms with Crippen LogP contribution in [0.1, 0.15) is 71.6 Å². The summed E-state index contributed by atoms with van der Waals surface area (Å²) >= 11 is 0. The van der Waals surface area contributed by atoms with Crippen molar-refractivity contribution in [3.8, 4) is 0 Å². The summed E-state index contributed by atoms with van der Waals surface area (Å²) in [5.41, 5.74) is 0. The van der Waals surface area contributed by atoms with Crippen molar-refractivity contribution in [2.75, 3.05) is 0 Å². The Kier molecular flexibility index (Phi) is 21.5. The van der Waals surface area contributed by atoms with Gasteiger partial charge in [-0.15, -0.1) is 13.2 Å². The van der Waals surface area contributed by atoms with Gasteiger partial charge in [0.15, 0.2) is 0 Å². The summed E-state index contributed by atoms with van der Waals surface area (Å²) in [6.45, 7) is 11.6. The fourth-order valence-corrected chi connectivity index (χ4v) is 1.27. The average Bonchev–Trinajstić information content (AvgIpc) is 2.25. The SMILES string of the molecule is C=CCCC.C=CCCCCCCCC. The highest BCUT2D eigenvalue weighted by Crippen LogP contribution is 2.06. The zero-order chi connectivity index (χ0) is 11.8. The van der Waals surface area contributed by atoms with Crippen molar-refractivity contribution in [2.24, 2.45) is 0 Å². The Bertz CT molecular complexity index is 113. The first-order valence-corrected chi connectivity index (χ1v) is 6.55. The van der Waals surface area contributed by atoms with Crippen molar-refractivity contribution in [1.29, 1.82) is 0 Å². The standard InChI is InChI=1S/C10H20.C5H10/c1-3-5-7-9-10-8-6-4-2;1-3-5-4-2/h3H,1,4-10H2,2H3;3H,1,4-5H2,2H3. The summed E-state index contributed by atoms with van der Waals surface area (Å²) in [5, 5.41) is 0. The molecule has 90 valence electrons. The zero-order valence-electron chi connectivity index (χ0n) is 10.9. The lowest BCUT2D eigenvalue weighted by molar-refractivity contribution is 0.611. The highest BCUT2D eigenvalue weighted by Gasteiger charge is 1.86. The second kappa shape index (κ2) is 19.1. The summed E-state index contributed by atoms with van der Waals surface area (Å²) in [5.74, 6) is 0.